The number of hydrogen-bond acceptors (Lipinski definition) is 2. The van der Waals surface area contributed by atoms with Gasteiger partial charge in [0.25, 0.3) is 0 Å². The van der Waals surface area contributed by atoms with E-state index in [1.165, 1.54) is 18.2 Å². The van der Waals surface area contributed by atoms with Crippen LogP contribution in [0, 0.1) is 17.2 Å². The molecular formula is C15H24FNO. The van der Waals surface area contributed by atoms with Crippen molar-refractivity contribution in [2.45, 2.75) is 40.7 Å². The number of phenols is 1. The summed E-state index contributed by atoms with van der Waals surface area (Å²) >= 11 is 0. The lowest BCUT2D eigenvalue weighted by Crippen LogP contribution is -2.31. The van der Waals surface area contributed by atoms with Gasteiger partial charge in [0.15, 0.2) is 0 Å². The Hall–Kier alpha value is -1.09. The van der Waals surface area contributed by atoms with Crippen LogP contribution in [-0.2, 0) is 0 Å². The average molecular weight is 253 g/mol. The molecule has 18 heavy (non-hydrogen) atoms. The lowest BCUT2D eigenvalue weighted by Gasteiger charge is -2.29. The molecule has 0 aliphatic heterocycles. The van der Waals surface area contributed by atoms with Gasteiger partial charge in [-0.1, -0.05) is 27.7 Å². The van der Waals surface area contributed by atoms with Crippen molar-refractivity contribution < 1.29 is 9.50 Å². The lowest BCUT2D eigenvalue weighted by atomic mass is 9.82. The minimum Gasteiger partial charge on any atom is -0.508 e. The van der Waals surface area contributed by atoms with Gasteiger partial charge in [-0.2, -0.15) is 0 Å². The SMILES string of the molecule is CC(NCC(C)C(C)(C)C)c1cc(F)ccc1O. The Morgan fingerprint density at radius 1 is 1.28 bits per heavy atom. The van der Waals surface area contributed by atoms with Gasteiger partial charge < -0.3 is 10.4 Å². The van der Waals surface area contributed by atoms with E-state index in [9.17, 15) is 9.50 Å². The minimum absolute atomic E-state index is 0.0644. The monoisotopic (exact) mass is 253 g/mol. The second-order valence-corrected chi connectivity index (χ2v) is 6.10. The fourth-order valence-corrected chi connectivity index (χ4v) is 1.64. The van der Waals surface area contributed by atoms with Crippen molar-refractivity contribution in [3.8, 4) is 5.75 Å². The van der Waals surface area contributed by atoms with Gasteiger partial charge in [-0.05, 0) is 43.0 Å². The van der Waals surface area contributed by atoms with E-state index < -0.39 is 0 Å². The molecule has 1 aromatic rings. The van der Waals surface area contributed by atoms with Crippen LogP contribution in [0.4, 0.5) is 4.39 Å². The standard InChI is InChI=1S/C15H24FNO/c1-10(15(3,4)5)9-17-11(2)13-8-12(16)6-7-14(13)18/h6-8,10-11,17-18H,9H2,1-5H3. The summed E-state index contributed by atoms with van der Waals surface area (Å²) in [6.45, 7) is 11.5. The zero-order chi connectivity index (χ0) is 13.9. The van der Waals surface area contributed by atoms with Crippen LogP contribution in [0.3, 0.4) is 0 Å². The summed E-state index contributed by atoms with van der Waals surface area (Å²) in [4.78, 5) is 0. The molecule has 0 radical (unpaired) electrons. The van der Waals surface area contributed by atoms with Crippen LogP contribution in [-0.4, -0.2) is 11.7 Å². The third-order valence-corrected chi connectivity index (χ3v) is 3.66. The van der Waals surface area contributed by atoms with Crippen LogP contribution >= 0.6 is 0 Å². The Balaban J connectivity index is 2.66. The molecule has 2 N–H and O–H groups in total. The highest BCUT2D eigenvalue weighted by Crippen LogP contribution is 2.27. The molecule has 2 unspecified atom stereocenters. The van der Waals surface area contributed by atoms with Crippen LogP contribution in [0.5, 0.6) is 5.75 Å². The predicted molar refractivity (Wildman–Crippen MR) is 73.1 cm³/mol. The van der Waals surface area contributed by atoms with Crippen LogP contribution in [0.25, 0.3) is 0 Å². The number of aromatic hydroxyl groups is 1. The molecule has 1 aromatic carbocycles. The first kappa shape index (κ1) is 15.0. The highest BCUT2D eigenvalue weighted by Gasteiger charge is 2.21. The summed E-state index contributed by atoms with van der Waals surface area (Å²) in [6.07, 6.45) is 0. The average Bonchev–Trinajstić information content (AvgIpc) is 2.27. The molecule has 1 rings (SSSR count). The molecule has 0 aromatic heterocycles. The molecule has 0 amide bonds. The minimum atomic E-state index is -0.319. The van der Waals surface area contributed by atoms with Crippen LogP contribution in [0.1, 0.15) is 46.2 Å². The molecule has 102 valence electrons. The molecule has 0 saturated heterocycles. The first-order chi connectivity index (χ1) is 8.21. The Morgan fingerprint density at radius 3 is 2.44 bits per heavy atom. The molecule has 2 nitrogen and oxygen atoms in total. The fourth-order valence-electron chi connectivity index (χ4n) is 1.64. The summed E-state index contributed by atoms with van der Waals surface area (Å²) in [7, 11) is 0. The van der Waals surface area contributed by atoms with Gasteiger partial charge in [0.2, 0.25) is 0 Å². The normalized spacial score (nSPS) is 15.4. The van der Waals surface area contributed by atoms with Crippen molar-refractivity contribution in [3.63, 3.8) is 0 Å². The van der Waals surface area contributed by atoms with E-state index in [1.807, 2.05) is 6.92 Å². The van der Waals surface area contributed by atoms with Crippen LogP contribution in [0.15, 0.2) is 18.2 Å². The molecular weight excluding hydrogens is 229 g/mol. The Labute approximate surface area is 109 Å². The molecule has 0 aliphatic carbocycles. The summed E-state index contributed by atoms with van der Waals surface area (Å²) in [5.41, 5.74) is 0.840. The number of phenolic OH excluding ortho intramolecular Hbond substituents is 1. The maximum Gasteiger partial charge on any atom is 0.123 e. The van der Waals surface area contributed by atoms with Crippen molar-refractivity contribution in [1.82, 2.24) is 5.32 Å². The number of hydrogen-bond donors (Lipinski definition) is 2. The molecule has 0 aliphatic rings. The predicted octanol–water partition coefficient (Wildman–Crippen LogP) is 3.86. The summed E-state index contributed by atoms with van der Waals surface area (Å²) in [5, 5.41) is 13.1. The number of halogens is 1. The smallest absolute Gasteiger partial charge is 0.123 e. The first-order valence-electron chi connectivity index (χ1n) is 6.43. The zero-order valence-electron chi connectivity index (χ0n) is 11.9. The van der Waals surface area contributed by atoms with Crippen molar-refractivity contribution in [1.29, 1.82) is 0 Å². The number of nitrogens with one attached hydrogen (secondary N) is 1. The van der Waals surface area contributed by atoms with E-state index in [1.54, 1.807) is 0 Å². The molecule has 0 fully saturated rings. The van der Waals surface area contributed by atoms with Gasteiger partial charge in [0.1, 0.15) is 11.6 Å². The van der Waals surface area contributed by atoms with Crippen molar-refractivity contribution in [2.24, 2.45) is 11.3 Å². The zero-order valence-corrected chi connectivity index (χ0v) is 11.9. The quantitative estimate of drug-likeness (QED) is 0.854. The highest BCUT2D eigenvalue weighted by atomic mass is 19.1. The first-order valence-corrected chi connectivity index (χ1v) is 6.43. The number of benzene rings is 1. The van der Waals surface area contributed by atoms with E-state index in [-0.39, 0.29) is 23.0 Å². The lowest BCUT2D eigenvalue weighted by molar-refractivity contribution is 0.246. The van der Waals surface area contributed by atoms with Crippen LogP contribution in [0.2, 0.25) is 0 Å². The summed E-state index contributed by atoms with van der Waals surface area (Å²) in [6, 6.07) is 3.99. The van der Waals surface area contributed by atoms with Gasteiger partial charge in [-0.25, -0.2) is 4.39 Å². The topological polar surface area (TPSA) is 32.3 Å². The van der Waals surface area contributed by atoms with Gasteiger partial charge in [0.05, 0.1) is 0 Å². The highest BCUT2D eigenvalue weighted by molar-refractivity contribution is 5.34. The second-order valence-electron chi connectivity index (χ2n) is 6.10. The van der Waals surface area contributed by atoms with Crippen LogP contribution < -0.4 is 5.32 Å². The summed E-state index contributed by atoms with van der Waals surface area (Å²) in [5.74, 6) is 0.316. The van der Waals surface area contributed by atoms with Crippen molar-refractivity contribution in [3.05, 3.63) is 29.6 Å². The van der Waals surface area contributed by atoms with E-state index in [4.69, 9.17) is 0 Å². The van der Waals surface area contributed by atoms with Gasteiger partial charge in [0, 0.05) is 11.6 Å². The summed E-state index contributed by atoms with van der Waals surface area (Å²) < 4.78 is 13.2. The van der Waals surface area contributed by atoms with Crippen molar-refractivity contribution in [2.75, 3.05) is 6.54 Å². The molecule has 0 spiro atoms. The fraction of sp³-hybridized carbons (Fsp3) is 0.600. The second kappa shape index (κ2) is 5.70. The molecule has 0 bridgehead atoms. The molecule has 0 heterocycles. The largest absolute Gasteiger partial charge is 0.508 e. The van der Waals surface area contributed by atoms with E-state index >= 15 is 0 Å². The van der Waals surface area contributed by atoms with E-state index in [0.717, 1.165) is 6.54 Å². The Kier molecular flexibility index (Phi) is 4.74. The van der Waals surface area contributed by atoms with Gasteiger partial charge in [-0.15, -0.1) is 0 Å². The third kappa shape index (κ3) is 3.98. The third-order valence-electron chi connectivity index (χ3n) is 3.66. The molecule has 3 heteroatoms. The van der Waals surface area contributed by atoms with Gasteiger partial charge in [-0.3, -0.25) is 0 Å². The van der Waals surface area contributed by atoms with E-state index in [2.05, 4.69) is 33.0 Å². The Morgan fingerprint density at radius 2 is 1.89 bits per heavy atom. The van der Waals surface area contributed by atoms with Gasteiger partial charge >= 0.3 is 0 Å². The Bertz CT molecular complexity index is 398. The van der Waals surface area contributed by atoms with Crippen molar-refractivity contribution >= 4 is 0 Å². The van der Waals surface area contributed by atoms with E-state index in [0.29, 0.717) is 11.5 Å². The maximum absolute atomic E-state index is 13.2. The molecule has 2 atom stereocenters. The maximum atomic E-state index is 13.2. The number of rotatable bonds is 4. The molecule has 0 saturated carbocycles.